The molecule has 1 atom stereocenters. The molecule has 160 valence electrons. The van der Waals surface area contributed by atoms with Crippen molar-refractivity contribution in [3.8, 4) is 17.1 Å². The van der Waals surface area contributed by atoms with Crippen LogP contribution in [0.25, 0.3) is 22.2 Å². The van der Waals surface area contributed by atoms with Crippen LogP contribution in [0, 0.1) is 0 Å². The van der Waals surface area contributed by atoms with Gasteiger partial charge in [-0.15, -0.1) is 4.31 Å². The van der Waals surface area contributed by atoms with Crippen molar-refractivity contribution in [2.24, 2.45) is 0 Å². The van der Waals surface area contributed by atoms with Gasteiger partial charge in [-0.1, -0.05) is 0 Å². The Kier molecular flexibility index (Phi) is 6.12. The summed E-state index contributed by atoms with van der Waals surface area (Å²) >= 11 is -0.926. The molecule has 0 spiro atoms. The molecule has 1 unspecified atom stereocenters. The average molecular weight is 429 g/mol. The number of anilines is 1. The number of H-pyrrole nitrogens is 1. The van der Waals surface area contributed by atoms with Crippen LogP contribution in [0.2, 0.25) is 0 Å². The van der Waals surface area contributed by atoms with Crippen molar-refractivity contribution >= 4 is 28.1 Å². The molecule has 4 heterocycles. The lowest BCUT2D eigenvalue weighted by Crippen LogP contribution is -2.50. The second-order valence-corrected chi connectivity index (χ2v) is 9.96. The number of aromatic nitrogens is 4. The molecule has 1 aliphatic heterocycles. The third kappa shape index (κ3) is 4.38. The highest BCUT2D eigenvalue weighted by atomic mass is 32.2. The molecule has 0 bridgehead atoms. The monoisotopic (exact) mass is 428 g/mol. The van der Waals surface area contributed by atoms with Gasteiger partial charge in [-0.2, -0.15) is 5.10 Å². The van der Waals surface area contributed by atoms with Gasteiger partial charge in [-0.05, 0) is 39.8 Å². The number of piperazine rings is 1. The van der Waals surface area contributed by atoms with Gasteiger partial charge in [0.1, 0.15) is 16.8 Å². The predicted octanol–water partition coefficient (Wildman–Crippen LogP) is 3.00. The Labute approximate surface area is 180 Å². The highest BCUT2D eigenvalue weighted by Crippen LogP contribution is 2.30. The molecule has 0 saturated carbocycles. The minimum absolute atomic E-state index is 0.0570. The summed E-state index contributed by atoms with van der Waals surface area (Å²) in [5.41, 5.74) is 2.70. The molecule has 3 aromatic heterocycles. The van der Waals surface area contributed by atoms with Crippen molar-refractivity contribution in [2.75, 3.05) is 31.1 Å². The van der Waals surface area contributed by atoms with E-state index in [1.165, 1.54) is 0 Å². The van der Waals surface area contributed by atoms with E-state index in [0.29, 0.717) is 5.88 Å². The molecule has 9 heteroatoms. The molecule has 8 nitrogen and oxygen atoms in total. The molecule has 0 radical (unpaired) electrons. The lowest BCUT2D eigenvalue weighted by Gasteiger charge is -2.36. The van der Waals surface area contributed by atoms with Crippen molar-refractivity contribution in [2.45, 2.75) is 39.0 Å². The molecule has 1 saturated heterocycles. The molecule has 0 aliphatic carbocycles. The first-order chi connectivity index (χ1) is 14.4. The number of hydrogen-bond donors (Lipinski definition) is 1. The molecule has 0 amide bonds. The van der Waals surface area contributed by atoms with Gasteiger partial charge in [0.15, 0.2) is 0 Å². The number of aromatic amines is 1. The van der Waals surface area contributed by atoms with E-state index in [1.807, 2.05) is 46.0 Å². The van der Waals surface area contributed by atoms with Crippen LogP contribution in [0.1, 0.15) is 27.7 Å². The fourth-order valence-corrected chi connectivity index (χ4v) is 4.68. The Bertz CT molecular complexity index is 1000. The number of nitrogens with zero attached hydrogens (tertiary/aromatic N) is 5. The number of ether oxygens (including phenoxy) is 1. The van der Waals surface area contributed by atoms with Crippen molar-refractivity contribution < 1.29 is 9.29 Å². The van der Waals surface area contributed by atoms with Crippen molar-refractivity contribution in [1.29, 1.82) is 0 Å². The standard InChI is InChI=1S/C21H28N6O2S/c1-14(2)29-20-12-17-18(13-23-20)24-25-21(17)16-5-6-22-19(11-16)26-7-9-27(10-8-26)30(28)15(3)4/h5-6,11-15H,7-10H2,1-4H3,(H,24,25). The Morgan fingerprint density at radius 3 is 2.57 bits per heavy atom. The zero-order valence-corrected chi connectivity index (χ0v) is 18.6. The van der Waals surface area contributed by atoms with Crippen molar-refractivity contribution in [3.05, 3.63) is 30.6 Å². The van der Waals surface area contributed by atoms with E-state index in [0.717, 1.165) is 54.2 Å². The van der Waals surface area contributed by atoms with Gasteiger partial charge in [-0.25, -0.2) is 9.97 Å². The van der Waals surface area contributed by atoms with Gasteiger partial charge in [0.2, 0.25) is 5.88 Å². The van der Waals surface area contributed by atoms with Crippen LogP contribution in [-0.2, 0) is 11.4 Å². The molecule has 3 aromatic rings. The molecule has 1 fully saturated rings. The van der Waals surface area contributed by atoms with Gasteiger partial charge >= 0.3 is 0 Å². The van der Waals surface area contributed by atoms with Crippen LogP contribution >= 0.6 is 0 Å². The van der Waals surface area contributed by atoms with E-state index in [4.69, 9.17) is 4.74 Å². The summed E-state index contributed by atoms with van der Waals surface area (Å²) in [7, 11) is 0. The third-order valence-electron chi connectivity index (χ3n) is 5.02. The summed E-state index contributed by atoms with van der Waals surface area (Å²) in [6, 6.07) is 5.95. The van der Waals surface area contributed by atoms with E-state index >= 15 is 0 Å². The highest BCUT2D eigenvalue weighted by molar-refractivity contribution is 7.89. The topological polar surface area (TPSA) is 93.2 Å². The van der Waals surface area contributed by atoms with Crippen molar-refractivity contribution in [3.63, 3.8) is 0 Å². The van der Waals surface area contributed by atoms with Gasteiger partial charge in [0.05, 0.1) is 30.9 Å². The molecular weight excluding hydrogens is 400 g/mol. The van der Waals surface area contributed by atoms with Crippen LogP contribution in [0.15, 0.2) is 30.6 Å². The Hall–Kier alpha value is -2.36. The minimum atomic E-state index is -0.926. The number of pyridine rings is 2. The summed E-state index contributed by atoms with van der Waals surface area (Å²) in [6.07, 6.45) is 3.62. The van der Waals surface area contributed by atoms with Crippen LogP contribution < -0.4 is 9.64 Å². The number of rotatable bonds is 6. The number of nitrogens with one attached hydrogen (secondary N) is 1. The molecule has 1 aliphatic rings. The molecule has 4 rings (SSSR count). The summed E-state index contributed by atoms with van der Waals surface area (Å²) < 4.78 is 20.1. The van der Waals surface area contributed by atoms with Crippen LogP contribution in [0.5, 0.6) is 5.88 Å². The lowest BCUT2D eigenvalue weighted by atomic mass is 10.1. The maximum absolute atomic E-state index is 12.3. The smallest absolute Gasteiger partial charge is 0.214 e. The summed E-state index contributed by atoms with van der Waals surface area (Å²) in [6.45, 7) is 11.1. The summed E-state index contributed by atoms with van der Waals surface area (Å²) in [5.74, 6) is 1.50. The second-order valence-electron chi connectivity index (χ2n) is 7.95. The Balaban J connectivity index is 1.56. The van der Waals surface area contributed by atoms with Gasteiger partial charge in [-0.3, -0.25) is 5.10 Å². The van der Waals surface area contributed by atoms with E-state index < -0.39 is 11.4 Å². The first-order valence-electron chi connectivity index (χ1n) is 10.3. The normalized spacial score (nSPS) is 16.6. The highest BCUT2D eigenvalue weighted by Gasteiger charge is 2.28. The third-order valence-corrected chi connectivity index (χ3v) is 6.70. The molecule has 0 aromatic carbocycles. The van der Waals surface area contributed by atoms with Gasteiger partial charge in [0.25, 0.3) is 0 Å². The maximum Gasteiger partial charge on any atom is 0.214 e. The van der Waals surface area contributed by atoms with Crippen LogP contribution in [0.3, 0.4) is 0 Å². The molecular formula is C21H28N6O2S. The fourth-order valence-electron chi connectivity index (χ4n) is 3.56. The first kappa shape index (κ1) is 20.9. The zero-order chi connectivity index (χ0) is 21.3. The maximum atomic E-state index is 12.3. The van der Waals surface area contributed by atoms with Crippen LogP contribution in [-0.4, -0.2) is 66.6 Å². The molecule has 30 heavy (non-hydrogen) atoms. The Morgan fingerprint density at radius 1 is 1.10 bits per heavy atom. The quantitative estimate of drug-likeness (QED) is 0.603. The van der Waals surface area contributed by atoms with Gasteiger partial charge in [0, 0.05) is 47.7 Å². The van der Waals surface area contributed by atoms with E-state index in [1.54, 1.807) is 6.20 Å². The fraction of sp³-hybridized carbons (Fsp3) is 0.476. The van der Waals surface area contributed by atoms with E-state index in [-0.39, 0.29) is 11.4 Å². The van der Waals surface area contributed by atoms with E-state index in [9.17, 15) is 4.55 Å². The van der Waals surface area contributed by atoms with Crippen molar-refractivity contribution in [1.82, 2.24) is 24.5 Å². The first-order valence-corrected chi connectivity index (χ1v) is 11.5. The number of fused-ring (bicyclic) bond motifs is 1. The van der Waals surface area contributed by atoms with Gasteiger partial charge < -0.3 is 14.2 Å². The average Bonchev–Trinajstić information content (AvgIpc) is 3.16. The summed E-state index contributed by atoms with van der Waals surface area (Å²) in [5, 5.41) is 8.67. The largest absolute Gasteiger partial charge is 0.598 e. The number of hydrogen-bond acceptors (Lipinski definition) is 7. The lowest BCUT2D eigenvalue weighted by molar-refractivity contribution is 0.233. The SMILES string of the molecule is CC(C)Oc1cc2c(-c3ccnc(N4CCN([S+]([O-])C(C)C)CC4)c3)n[nH]c2cn1. The summed E-state index contributed by atoms with van der Waals surface area (Å²) in [4.78, 5) is 11.1. The minimum Gasteiger partial charge on any atom is -0.598 e. The predicted molar refractivity (Wildman–Crippen MR) is 120 cm³/mol. The zero-order valence-electron chi connectivity index (χ0n) is 17.8. The van der Waals surface area contributed by atoms with Crippen LogP contribution in [0.4, 0.5) is 5.82 Å². The van der Waals surface area contributed by atoms with E-state index in [2.05, 4.69) is 35.4 Å². The molecule has 1 N–H and O–H groups in total. The second kappa shape index (κ2) is 8.79. The Morgan fingerprint density at radius 2 is 1.87 bits per heavy atom.